The summed E-state index contributed by atoms with van der Waals surface area (Å²) < 4.78 is 2.05. The lowest BCUT2D eigenvalue weighted by Crippen LogP contribution is -2.55. The number of aromatic nitrogens is 3. The van der Waals surface area contributed by atoms with Crippen LogP contribution in [-0.4, -0.2) is 67.8 Å². The minimum atomic E-state index is -0.0609. The van der Waals surface area contributed by atoms with Gasteiger partial charge < -0.3 is 9.80 Å². The standard InChI is InChI=1S/C34H32ClN5O2S/c1-24-23-38(20-21-39(24)33(42)30-14-7-10-25-9-5-6-13-29(25)30)31(41)15-8-22-43-34-37-36-32(26-16-18-27(35)19-17-26)40(34)28-11-3-2-4-12-28/h2-7,9-14,16-19,24H,8,15,20-23H2,1H3. The summed E-state index contributed by atoms with van der Waals surface area (Å²) in [5.41, 5.74) is 2.61. The van der Waals surface area contributed by atoms with Crippen molar-refractivity contribution < 1.29 is 9.59 Å². The molecule has 1 aliphatic rings. The molecule has 1 atom stereocenters. The molecule has 9 heteroatoms. The molecular formula is C34H32ClN5O2S. The second-order valence-corrected chi connectivity index (χ2v) is 12.1. The summed E-state index contributed by atoms with van der Waals surface area (Å²) in [5.74, 6) is 1.61. The van der Waals surface area contributed by atoms with E-state index in [1.807, 2.05) is 118 Å². The minimum absolute atomic E-state index is 0.0216. The Bertz CT molecular complexity index is 1740. The van der Waals surface area contributed by atoms with Gasteiger partial charge >= 0.3 is 0 Å². The van der Waals surface area contributed by atoms with Crippen LogP contribution in [0.1, 0.15) is 30.1 Å². The van der Waals surface area contributed by atoms with Crippen LogP contribution >= 0.6 is 23.4 Å². The van der Waals surface area contributed by atoms with E-state index >= 15 is 0 Å². The summed E-state index contributed by atoms with van der Waals surface area (Å²) >= 11 is 7.70. The number of fused-ring (bicyclic) bond motifs is 1. The number of hydrogen-bond acceptors (Lipinski definition) is 5. The van der Waals surface area contributed by atoms with E-state index in [1.54, 1.807) is 11.8 Å². The number of amides is 2. The lowest BCUT2D eigenvalue weighted by Gasteiger charge is -2.40. The molecule has 0 N–H and O–H groups in total. The number of benzene rings is 4. The molecule has 6 rings (SSSR count). The number of carbonyl (C=O) groups is 2. The van der Waals surface area contributed by atoms with Crippen molar-refractivity contribution in [2.45, 2.75) is 31.0 Å². The number of carbonyl (C=O) groups excluding carboxylic acids is 2. The first-order chi connectivity index (χ1) is 21.0. The number of halogens is 1. The molecule has 1 unspecified atom stereocenters. The number of thioether (sulfide) groups is 1. The topological polar surface area (TPSA) is 71.3 Å². The molecule has 7 nitrogen and oxygen atoms in total. The first-order valence-electron chi connectivity index (χ1n) is 14.5. The van der Waals surface area contributed by atoms with Crippen LogP contribution in [0.25, 0.3) is 27.8 Å². The van der Waals surface area contributed by atoms with Gasteiger partial charge in [0.05, 0.1) is 0 Å². The fourth-order valence-electron chi connectivity index (χ4n) is 5.56. The lowest BCUT2D eigenvalue weighted by atomic mass is 10.0. The molecule has 218 valence electrons. The molecule has 4 aromatic carbocycles. The van der Waals surface area contributed by atoms with Gasteiger partial charge in [0.1, 0.15) is 0 Å². The zero-order valence-corrected chi connectivity index (χ0v) is 25.5. The normalized spacial score (nSPS) is 15.2. The van der Waals surface area contributed by atoms with E-state index in [1.165, 1.54) is 0 Å². The van der Waals surface area contributed by atoms with Crippen molar-refractivity contribution in [3.8, 4) is 17.1 Å². The number of para-hydroxylation sites is 1. The van der Waals surface area contributed by atoms with Crippen LogP contribution in [-0.2, 0) is 4.79 Å². The Morgan fingerprint density at radius 2 is 1.63 bits per heavy atom. The molecule has 1 fully saturated rings. The Morgan fingerprint density at radius 3 is 2.42 bits per heavy atom. The largest absolute Gasteiger partial charge is 0.339 e. The fraction of sp³-hybridized carbons (Fsp3) is 0.235. The van der Waals surface area contributed by atoms with Gasteiger partial charge in [-0.05, 0) is 66.6 Å². The van der Waals surface area contributed by atoms with Gasteiger partial charge in [-0.1, -0.05) is 78.0 Å². The highest BCUT2D eigenvalue weighted by Crippen LogP contribution is 2.29. The summed E-state index contributed by atoms with van der Waals surface area (Å²) in [5, 5.41) is 12.4. The Hall–Kier alpha value is -4.14. The first kappa shape index (κ1) is 29.0. The van der Waals surface area contributed by atoms with Crippen molar-refractivity contribution in [1.29, 1.82) is 0 Å². The van der Waals surface area contributed by atoms with Crippen molar-refractivity contribution in [3.05, 3.63) is 108 Å². The van der Waals surface area contributed by atoms with Crippen LogP contribution < -0.4 is 0 Å². The zero-order chi connectivity index (χ0) is 29.8. The Morgan fingerprint density at radius 1 is 0.884 bits per heavy atom. The molecule has 0 saturated carbocycles. The molecule has 43 heavy (non-hydrogen) atoms. The molecule has 1 aliphatic heterocycles. The second-order valence-electron chi connectivity index (χ2n) is 10.7. The van der Waals surface area contributed by atoms with Gasteiger partial charge in [-0.15, -0.1) is 10.2 Å². The number of nitrogens with zero attached hydrogens (tertiary/aromatic N) is 5. The van der Waals surface area contributed by atoms with Crippen molar-refractivity contribution in [2.75, 3.05) is 25.4 Å². The second kappa shape index (κ2) is 13.0. The van der Waals surface area contributed by atoms with Crippen LogP contribution in [0.5, 0.6) is 0 Å². The molecule has 2 amide bonds. The van der Waals surface area contributed by atoms with Crippen LogP contribution in [0, 0.1) is 0 Å². The van der Waals surface area contributed by atoms with Gasteiger partial charge in [0.25, 0.3) is 5.91 Å². The third kappa shape index (κ3) is 6.31. The van der Waals surface area contributed by atoms with Gasteiger partial charge in [0.2, 0.25) is 5.91 Å². The Labute approximate surface area is 260 Å². The monoisotopic (exact) mass is 609 g/mol. The van der Waals surface area contributed by atoms with Crippen LogP contribution in [0.3, 0.4) is 0 Å². The fourth-order valence-corrected chi connectivity index (χ4v) is 6.57. The summed E-state index contributed by atoms with van der Waals surface area (Å²) in [6, 6.07) is 31.3. The highest BCUT2D eigenvalue weighted by Gasteiger charge is 2.30. The number of rotatable bonds is 8. The molecule has 5 aromatic rings. The van der Waals surface area contributed by atoms with Crippen LogP contribution in [0.4, 0.5) is 0 Å². The molecule has 1 saturated heterocycles. The van der Waals surface area contributed by atoms with E-state index in [0.29, 0.717) is 43.1 Å². The average molecular weight is 610 g/mol. The molecule has 0 aliphatic carbocycles. The summed E-state index contributed by atoms with van der Waals surface area (Å²) in [6.45, 7) is 3.62. The molecular weight excluding hydrogens is 578 g/mol. The summed E-state index contributed by atoms with van der Waals surface area (Å²) in [7, 11) is 0. The lowest BCUT2D eigenvalue weighted by molar-refractivity contribution is -0.133. The van der Waals surface area contributed by atoms with Crippen molar-refractivity contribution >= 4 is 45.9 Å². The summed E-state index contributed by atoms with van der Waals surface area (Å²) in [6.07, 6.45) is 1.16. The van der Waals surface area contributed by atoms with Gasteiger partial charge in [0.15, 0.2) is 11.0 Å². The maximum absolute atomic E-state index is 13.5. The third-order valence-corrected chi connectivity index (χ3v) is 9.04. The SMILES string of the molecule is CC1CN(C(=O)CCCSc2nnc(-c3ccc(Cl)cc3)n2-c2ccccc2)CCN1C(=O)c1cccc2ccccc12. The quantitative estimate of drug-likeness (QED) is 0.140. The van der Waals surface area contributed by atoms with Crippen molar-refractivity contribution in [2.24, 2.45) is 0 Å². The van der Waals surface area contributed by atoms with Gasteiger partial charge in [0, 0.05) is 59.7 Å². The number of piperazine rings is 1. The average Bonchev–Trinajstić information content (AvgIpc) is 3.47. The van der Waals surface area contributed by atoms with E-state index in [-0.39, 0.29) is 17.9 Å². The van der Waals surface area contributed by atoms with Crippen LogP contribution in [0.15, 0.2) is 102 Å². The zero-order valence-electron chi connectivity index (χ0n) is 23.9. The molecule has 1 aromatic heterocycles. The van der Waals surface area contributed by atoms with E-state index in [4.69, 9.17) is 11.6 Å². The van der Waals surface area contributed by atoms with Gasteiger partial charge in [-0.2, -0.15) is 0 Å². The minimum Gasteiger partial charge on any atom is -0.339 e. The van der Waals surface area contributed by atoms with Crippen LogP contribution in [0.2, 0.25) is 5.02 Å². The Balaban J connectivity index is 1.06. The maximum atomic E-state index is 13.5. The van der Waals surface area contributed by atoms with Crippen molar-refractivity contribution in [3.63, 3.8) is 0 Å². The predicted molar refractivity (Wildman–Crippen MR) is 173 cm³/mol. The molecule has 0 radical (unpaired) electrons. The van der Waals surface area contributed by atoms with E-state index in [9.17, 15) is 9.59 Å². The highest BCUT2D eigenvalue weighted by atomic mass is 35.5. The first-order valence-corrected chi connectivity index (χ1v) is 15.8. The number of hydrogen-bond donors (Lipinski definition) is 0. The van der Waals surface area contributed by atoms with Gasteiger partial charge in [-0.25, -0.2) is 0 Å². The van der Waals surface area contributed by atoms with E-state index < -0.39 is 0 Å². The predicted octanol–water partition coefficient (Wildman–Crippen LogP) is 6.99. The smallest absolute Gasteiger partial charge is 0.254 e. The highest BCUT2D eigenvalue weighted by molar-refractivity contribution is 7.99. The van der Waals surface area contributed by atoms with Crippen molar-refractivity contribution in [1.82, 2.24) is 24.6 Å². The summed E-state index contributed by atoms with van der Waals surface area (Å²) in [4.78, 5) is 30.4. The molecule has 0 spiro atoms. The molecule has 0 bridgehead atoms. The maximum Gasteiger partial charge on any atom is 0.254 e. The molecule has 2 heterocycles. The van der Waals surface area contributed by atoms with E-state index in [0.717, 1.165) is 38.8 Å². The third-order valence-electron chi connectivity index (χ3n) is 7.78. The van der Waals surface area contributed by atoms with E-state index in [2.05, 4.69) is 10.2 Å². The Kier molecular flexibility index (Phi) is 8.77. The van der Waals surface area contributed by atoms with Gasteiger partial charge in [-0.3, -0.25) is 14.2 Å².